The van der Waals surface area contributed by atoms with Crippen molar-refractivity contribution in [3.8, 4) is 5.88 Å². The van der Waals surface area contributed by atoms with Crippen molar-refractivity contribution in [1.29, 1.82) is 0 Å². The molecule has 1 aromatic heterocycles. The summed E-state index contributed by atoms with van der Waals surface area (Å²) in [5, 5.41) is 3.97. The molecule has 1 N–H and O–H groups in total. The number of methoxy groups -OCH3 is 1. The third-order valence-electron chi connectivity index (χ3n) is 2.58. The molecule has 0 atom stereocenters. The van der Waals surface area contributed by atoms with Gasteiger partial charge < -0.3 is 10.1 Å². The van der Waals surface area contributed by atoms with E-state index in [9.17, 15) is 0 Å². The van der Waals surface area contributed by atoms with Crippen LogP contribution in [0.15, 0.2) is 30.6 Å². The zero-order chi connectivity index (χ0) is 13.0. The molecule has 1 heterocycles. The molecular formula is C13H14ClN3O. The number of aromatic nitrogens is 2. The maximum Gasteiger partial charge on any atom is 0.221 e. The maximum atomic E-state index is 5.93. The molecule has 0 bridgehead atoms. The Balaban J connectivity index is 2.11. The molecule has 5 heteroatoms. The fraction of sp³-hybridized carbons (Fsp3) is 0.231. The summed E-state index contributed by atoms with van der Waals surface area (Å²) >= 11 is 5.93. The SMILES string of the molecule is COc1ncnc(NCc2cccc(Cl)c2)c1C. The molecular weight excluding hydrogens is 250 g/mol. The highest BCUT2D eigenvalue weighted by atomic mass is 35.5. The molecule has 0 saturated heterocycles. The van der Waals surface area contributed by atoms with Crippen molar-refractivity contribution in [2.45, 2.75) is 13.5 Å². The van der Waals surface area contributed by atoms with E-state index in [2.05, 4.69) is 15.3 Å². The first-order chi connectivity index (χ1) is 8.70. The molecule has 0 spiro atoms. The van der Waals surface area contributed by atoms with Crippen LogP contribution >= 0.6 is 11.6 Å². The predicted molar refractivity (Wildman–Crippen MR) is 72.1 cm³/mol. The highest BCUT2D eigenvalue weighted by Gasteiger charge is 2.06. The molecule has 0 saturated carbocycles. The van der Waals surface area contributed by atoms with E-state index in [-0.39, 0.29) is 0 Å². The van der Waals surface area contributed by atoms with Crippen molar-refractivity contribution in [2.75, 3.05) is 12.4 Å². The topological polar surface area (TPSA) is 47.0 Å². The van der Waals surface area contributed by atoms with E-state index in [4.69, 9.17) is 16.3 Å². The second-order valence-corrected chi connectivity index (χ2v) is 4.28. The average molecular weight is 264 g/mol. The van der Waals surface area contributed by atoms with Crippen molar-refractivity contribution in [2.24, 2.45) is 0 Å². The third-order valence-corrected chi connectivity index (χ3v) is 2.82. The Morgan fingerprint density at radius 2 is 2.17 bits per heavy atom. The lowest BCUT2D eigenvalue weighted by Gasteiger charge is -2.10. The molecule has 0 aliphatic carbocycles. The fourth-order valence-corrected chi connectivity index (χ4v) is 1.86. The van der Waals surface area contributed by atoms with Crippen LogP contribution in [-0.4, -0.2) is 17.1 Å². The standard InChI is InChI=1S/C13H14ClN3O/c1-9-12(16-8-17-13(9)18-2)15-7-10-4-3-5-11(14)6-10/h3-6,8H,7H2,1-2H3,(H,15,16,17). The summed E-state index contributed by atoms with van der Waals surface area (Å²) in [5.74, 6) is 1.35. The summed E-state index contributed by atoms with van der Waals surface area (Å²) in [6, 6.07) is 7.70. The number of anilines is 1. The van der Waals surface area contributed by atoms with Crippen molar-refractivity contribution in [3.05, 3.63) is 46.7 Å². The Hall–Kier alpha value is -1.81. The van der Waals surface area contributed by atoms with Gasteiger partial charge in [0.1, 0.15) is 12.1 Å². The van der Waals surface area contributed by atoms with Crippen LogP contribution in [0.3, 0.4) is 0 Å². The van der Waals surface area contributed by atoms with E-state index in [1.165, 1.54) is 6.33 Å². The van der Waals surface area contributed by atoms with Crippen molar-refractivity contribution < 1.29 is 4.74 Å². The monoisotopic (exact) mass is 263 g/mol. The first-order valence-electron chi connectivity index (χ1n) is 5.54. The van der Waals surface area contributed by atoms with E-state index in [1.807, 2.05) is 31.2 Å². The molecule has 0 aliphatic rings. The van der Waals surface area contributed by atoms with Gasteiger partial charge in [0, 0.05) is 11.6 Å². The number of benzene rings is 1. The third kappa shape index (κ3) is 2.90. The van der Waals surface area contributed by atoms with E-state index >= 15 is 0 Å². The second kappa shape index (κ2) is 5.69. The van der Waals surface area contributed by atoms with Crippen LogP contribution in [0.1, 0.15) is 11.1 Å². The number of halogens is 1. The molecule has 2 rings (SSSR count). The van der Waals surface area contributed by atoms with E-state index in [0.717, 1.165) is 22.0 Å². The van der Waals surface area contributed by atoms with Crippen LogP contribution in [0, 0.1) is 6.92 Å². The highest BCUT2D eigenvalue weighted by Crippen LogP contribution is 2.20. The Kier molecular flexibility index (Phi) is 3.99. The largest absolute Gasteiger partial charge is 0.481 e. The van der Waals surface area contributed by atoms with Gasteiger partial charge in [-0.2, -0.15) is 0 Å². The number of hydrogen-bond acceptors (Lipinski definition) is 4. The van der Waals surface area contributed by atoms with Gasteiger partial charge in [-0.25, -0.2) is 9.97 Å². The van der Waals surface area contributed by atoms with Gasteiger partial charge in [0.15, 0.2) is 0 Å². The van der Waals surface area contributed by atoms with Gasteiger partial charge >= 0.3 is 0 Å². The van der Waals surface area contributed by atoms with Gasteiger partial charge in [0.05, 0.1) is 12.7 Å². The van der Waals surface area contributed by atoms with Gasteiger partial charge in [-0.3, -0.25) is 0 Å². The van der Waals surface area contributed by atoms with E-state index in [1.54, 1.807) is 7.11 Å². The summed E-state index contributed by atoms with van der Waals surface area (Å²) in [5.41, 5.74) is 1.99. The second-order valence-electron chi connectivity index (χ2n) is 3.84. The van der Waals surface area contributed by atoms with Gasteiger partial charge in [-0.05, 0) is 24.6 Å². The number of nitrogens with one attached hydrogen (secondary N) is 1. The predicted octanol–water partition coefficient (Wildman–Crippen LogP) is 3.06. The smallest absolute Gasteiger partial charge is 0.221 e. The Bertz CT molecular complexity index is 546. The quantitative estimate of drug-likeness (QED) is 0.921. The normalized spacial score (nSPS) is 10.2. The van der Waals surface area contributed by atoms with Gasteiger partial charge in [-0.15, -0.1) is 0 Å². The summed E-state index contributed by atoms with van der Waals surface area (Å²) in [4.78, 5) is 8.22. The Morgan fingerprint density at radius 1 is 1.33 bits per heavy atom. The molecule has 0 amide bonds. The molecule has 18 heavy (non-hydrogen) atoms. The molecule has 1 aromatic carbocycles. The average Bonchev–Trinajstić information content (AvgIpc) is 2.38. The van der Waals surface area contributed by atoms with Crippen LogP contribution in [0.25, 0.3) is 0 Å². The van der Waals surface area contributed by atoms with Crippen molar-refractivity contribution in [3.63, 3.8) is 0 Å². The minimum absolute atomic E-state index is 0.582. The van der Waals surface area contributed by atoms with Crippen LogP contribution in [0.5, 0.6) is 5.88 Å². The highest BCUT2D eigenvalue weighted by molar-refractivity contribution is 6.30. The Labute approximate surface area is 111 Å². The number of hydrogen-bond donors (Lipinski definition) is 1. The minimum Gasteiger partial charge on any atom is -0.481 e. The summed E-state index contributed by atoms with van der Waals surface area (Å²) in [6.07, 6.45) is 1.48. The Morgan fingerprint density at radius 3 is 2.89 bits per heavy atom. The fourth-order valence-electron chi connectivity index (χ4n) is 1.65. The van der Waals surface area contributed by atoms with Gasteiger partial charge in [-0.1, -0.05) is 23.7 Å². The lowest BCUT2D eigenvalue weighted by atomic mass is 10.2. The molecule has 0 aliphatic heterocycles. The van der Waals surface area contributed by atoms with Crippen LogP contribution < -0.4 is 10.1 Å². The molecule has 0 radical (unpaired) electrons. The maximum absolute atomic E-state index is 5.93. The molecule has 94 valence electrons. The van der Waals surface area contributed by atoms with Crippen LogP contribution in [-0.2, 0) is 6.54 Å². The van der Waals surface area contributed by atoms with Gasteiger partial charge in [0.25, 0.3) is 0 Å². The number of ether oxygens (including phenoxy) is 1. The minimum atomic E-state index is 0.582. The van der Waals surface area contributed by atoms with Crippen LogP contribution in [0.4, 0.5) is 5.82 Å². The first kappa shape index (κ1) is 12.6. The summed E-state index contributed by atoms with van der Waals surface area (Å²) in [6.45, 7) is 2.57. The lowest BCUT2D eigenvalue weighted by molar-refractivity contribution is 0.393. The first-order valence-corrected chi connectivity index (χ1v) is 5.92. The number of rotatable bonds is 4. The van der Waals surface area contributed by atoms with E-state index in [0.29, 0.717) is 12.4 Å². The van der Waals surface area contributed by atoms with Gasteiger partial charge in [0.2, 0.25) is 5.88 Å². The zero-order valence-electron chi connectivity index (χ0n) is 10.3. The molecule has 0 unspecified atom stereocenters. The van der Waals surface area contributed by atoms with Crippen molar-refractivity contribution in [1.82, 2.24) is 9.97 Å². The van der Waals surface area contributed by atoms with Crippen LogP contribution in [0.2, 0.25) is 5.02 Å². The summed E-state index contributed by atoms with van der Waals surface area (Å²) < 4.78 is 5.14. The van der Waals surface area contributed by atoms with E-state index < -0.39 is 0 Å². The lowest BCUT2D eigenvalue weighted by Crippen LogP contribution is -2.05. The molecule has 2 aromatic rings. The zero-order valence-corrected chi connectivity index (χ0v) is 11.0. The molecule has 4 nitrogen and oxygen atoms in total. The van der Waals surface area contributed by atoms with Crippen molar-refractivity contribution >= 4 is 17.4 Å². The molecule has 0 fully saturated rings. The number of nitrogens with zero attached hydrogens (tertiary/aromatic N) is 2. The summed E-state index contributed by atoms with van der Waals surface area (Å²) in [7, 11) is 1.59.